The molecule has 15 heavy (non-hydrogen) atoms. The van der Waals surface area contributed by atoms with Crippen LogP contribution in [0.2, 0.25) is 0 Å². The molecule has 1 saturated carbocycles. The molecule has 2 rings (SSSR count). The summed E-state index contributed by atoms with van der Waals surface area (Å²) < 4.78 is 0. The number of rotatable bonds is 2. The molecule has 1 amide bonds. The molecule has 1 heterocycles. The molecule has 2 fully saturated rings. The van der Waals surface area contributed by atoms with Gasteiger partial charge in [0, 0.05) is 18.6 Å². The van der Waals surface area contributed by atoms with Crippen molar-refractivity contribution >= 4 is 5.91 Å². The standard InChI is InChI=1S/C11H17N3O/c1-8-7-14(9-3-4-9)11(15)10(5-6-12)13(8)2/h8-10H,3-5,7H2,1-2H3. The molecule has 4 heteroatoms. The predicted octanol–water partition coefficient (Wildman–Crippen LogP) is 0.594. The van der Waals surface area contributed by atoms with Gasteiger partial charge in [0.25, 0.3) is 0 Å². The zero-order chi connectivity index (χ0) is 11.0. The molecule has 2 unspecified atom stereocenters. The van der Waals surface area contributed by atoms with Gasteiger partial charge in [-0.15, -0.1) is 0 Å². The normalized spacial score (nSPS) is 32.9. The molecule has 0 aromatic carbocycles. The fourth-order valence-electron chi connectivity index (χ4n) is 2.21. The summed E-state index contributed by atoms with van der Waals surface area (Å²) in [5.74, 6) is 0.152. The van der Waals surface area contributed by atoms with Crippen molar-refractivity contribution in [3.63, 3.8) is 0 Å². The molecule has 1 aliphatic heterocycles. The third-order valence-corrected chi connectivity index (χ3v) is 3.49. The molecular formula is C11H17N3O. The summed E-state index contributed by atoms with van der Waals surface area (Å²) in [6.45, 7) is 2.94. The second-order valence-electron chi connectivity index (χ2n) is 4.61. The van der Waals surface area contributed by atoms with E-state index in [0.717, 1.165) is 19.4 Å². The number of likely N-dealkylation sites (N-methyl/N-ethyl adjacent to an activating group) is 1. The number of nitriles is 1. The highest BCUT2D eigenvalue weighted by atomic mass is 16.2. The van der Waals surface area contributed by atoms with Crippen LogP contribution in [0.15, 0.2) is 0 Å². The highest BCUT2D eigenvalue weighted by Gasteiger charge is 2.42. The van der Waals surface area contributed by atoms with E-state index < -0.39 is 0 Å². The summed E-state index contributed by atoms with van der Waals surface area (Å²) in [6.07, 6.45) is 2.59. The van der Waals surface area contributed by atoms with Gasteiger partial charge in [0.15, 0.2) is 0 Å². The largest absolute Gasteiger partial charge is 0.337 e. The fourth-order valence-corrected chi connectivity index (χ4v) is 2.21. The Morgan fingerprint density at radius 3 is 2.73 bits per heavy atom. The van der Waals surface area contributed by atoms with Gasteiger partial charge in [-0.25, -0.2) is 0 Å². The summed E-state index contributed by atoms with van der Waals surface area (Å²) >= 11 is 0. The Balaban J connectivity index is 2.12. The van der Waals surface area contributed by atoms with Gasteiger partial charge in [0.1, 0.15) is 6.04 Å². The van der Waals surface area contributed by atoms with Gasteiger partial charge in [0.2, 0.25) is 5.91 Å². The Hall–Kier alpha value is -1.08. The summed E-state index contributed by atoms with van der Waals surface area (Å²) in [5.41, 5.74) is 0. The Bertz CT molecular complexity index is 305. The lowest BCUT2D eigenvalue weighted by atomic mass is 10.0. The van der Waals surface area contributed by atoms with Gasteiger partial charge in [-0.2, -0.15) is 5.26 Å². The molecule has 4 nitrogen and oxygen atoms in total. The van der Waals surface area contributed by atoms with Crippen LogP contribution in [0.1, 0.15) is 26.2 Å². The number of amides is 1. The van der Waals surface area contributed by atoms with Gasteiger partial charge in [0.05, 0.1) is 12.5 Å². The van der Waals surface area contributed by atoms with Crippen LogP contribution in [0, 0.1) is 11.3 Å². The number of hydrogen-bond acceptors (Lipinski definition) is 3. The SMILES string of the molecule is CC1CN(C2CC2)C(=O)C(CC#N)N1C. The van der Waals surface area contributed by atoms with Gasteiger partial charge in [-0.3, -0.25) is 9.69 Å². The molecule has 0 spiro atoms. The first-order valence-electron chi connectivity index (χ1n) is 5.54. The van der Waals surface area contributed by atoms with Crippen LogP contribution in [0.3, 0.4) is 0 Å². The van der Waals surface area contributed by atoms with Crippen molar-refractivity contribution in [3.05, 3.63) is 0 Å². The molecule has 1 aliphatic carbocycles. The van der Waals surface area contributed by atoms with Crippen LogP contribution in [0.5, 0.6) is 0 Å². The van der Waals surface area contributed by atoms with Gasteiger partial charge < -0.3 is 4.90 Å². The van der Waals surface area contributed by atoms with Crippen molar-refractivity contribution in [2.45, 2.75) is 44.3 Å². The third-order valence-electron chi connectivity index (χ3n) is 3.49. The van der Waals surface area contributed by atoms with Crippen molar-refractivity contribution in [3.8, 4) is 6.07 Å². The van der Waals surface area contributed by atoms with E-state index in [2.05, 4.69) is 13.0 Å². The quantitative estimate of drug-likeness (QED) is 0.666. The summed E-state index contributed by atoms with van der Waals surface area (Å²) in [7, 11) is 1.94. The molecule has 1 saturated heterocycles. The van der Waals surface area contributed by atoms with Crippen LogP contribution in [-0.2, 0) is 4.79 Å². The molecule has 2 aliphatic rings. The van der Waals surface area contributed by atoms with Crippen molar-refractivity contribution in [2.75, 3.05) is 13.6 Å². The summed E-state index contributed by atoms with van der Waals surface area (Å²) in [5, 5.41) is 8.73. The second kappa shape index (κ2) is 3.82. The van der Waals surface area contributed by atoms with Crippen molar-refractivity contribution in [1.82, 2.24) is 9.80 Å². The summed E-state index contributed by atoms with van der Waals surface area (Å²) in [4.78, 5) is 16.1. The van der Waals surface area contributed by atoms with Crippen LogP contribution in [-0.4, -0.2) is 47.4 Å². The van der Waals surface area contributed by atoms with Crippen LogP contribution in [0.25, 0.3) is 0 Å². The number of hydrogen-bond donors (Lipinski definition) is 0. The maximum Gasteiger partial charge on any atom is 0.241 e. The van der Waals surface area contributed by atoms with E-state index in [0.29, 0.717) is 18.5 Å². The lowest BCUT2D eigenvalue weighted by molar-refractivity contribution is -0.144. The highest BCUT2D eigenvalue weighted by Crippen LogP contribution is 2.31. The minimum Gasteiger partial charge on any atom is -0.337 e. The predicted molar refractivity (Wildman–Crippen MR) is 56.0 cm³/mol. The first-order chi connectivity index (χ1) is 7.15. The molecule has 0 radical (unpaired) electrons. The van der Waals surface area contributed by atoms with E-state index in [4.69, 9.17) is 5.26 Å². The van der Waals surface area contributed by atoms with E-state index in [1.807, 2.05) is 16.8 Å². The lowest BCUT2D eigenvalue weighted by Gasteiger charge is -2.42. The van der Waals surface area contributed by atoms with Crippen LogP contribution in [0.4, 0.5) is 0 Å². The molecule has 2 atom stereocenters. The Kier molecular flexibility index (Phi) is 2.66. The van der Waals surface area contributed by atoms with E-state index in [9.17, 15) is 4.79 Å². The first kappa shape index (κ1) is 10.4. The van der Waals surface area contributed by atoms with Crippen molar-refractivity contribution in [2.24, 2.45) is 0 Å². The number of nitrogens with zero attached hydrogens (tertiary/aromatic N) is 3. The van der Waals surface area contributed by atoms with Crippen LogP contribution < -0.4 is 0 Å². The fraction of sp³-hybridized carbons (Fsp3) is 0.818. The first-order valence-corrected chi connectivity index (χ1v) is 5.54. The van der Waals surface area contributed by atoms with Gasteiger partial charge >= 0.3 is 0 Å². The molecule has 82 valence electrons. The molecule has 0 aromatic rings. The molecule has 0 bridgehead atoms. The van der Waals surface area contributed by atoms with Gasteiger partial charge in [-0.05, 0) is 26.8 Å². The molecular weight excluding hydrogens is 190 g/mol. The Labute approximate surface area is 90.5 Å². The molecule has 0 aromatic heterocycles. The Morgan fingerprint density at radius 2 is 2.20 bits per heavy atom. The number of piperazine rings is 1. The zero-order valence-electron chi connectivity index (χ0n) is 9.31. The van der Waals surface area contributed by atoms with Gasteiger partial charge in [-0.1, -0.05) is 0 Å². The van der Waals surface area contributed by atoms with E-state index in [-0.39, 0.29) is 11.9 Å². The van der Waals surface area contributed by atoms with Crippen molar-refractivity contribution < 1.29 is 4.79 Å². The third kappa shape index (κ3) is 1.84. The maximum absolute atomic E-state index is 12.1. The smallest absolute Gasteiger partial charge is 0.241 e. The topological polar surface area (TPSA) is 47.3 Å². The minimum atomic E-state index is -0.223. The van der Waals surface area contributed by atoms with E-state index >= 15 is 0 Å². The Morgan fingerprint density at radius 1 is 1.53 bits per heavy atom. The van der Waals surface area contributed by atoms with E-state index in [1.54, 1.807) is 0 Å². The summed E-state index contributed by atoms with van der Waals surface area (Å²) in [6, 6.07) is 2.72. The van der Waals surface area contributed by atoms with Crippen molar-refractivity contribution in [1.29, 1.82) is 5.26 Å². The highest BCUT2D eigenvalue weighted by molar-refractivity contribution is 5.83. The average Bonchev–Trinajstić information content (AvgIpc) is 3.02. The average molecular weight is 207 g/mol. The second-order valence-corrected chi connectivity index (χ2v) is 4.61. The maximum atomic E-state index is 12.1. The lowest BCUT2D eigenvalue weighted by Crippen LogP contribution is -2.59. The number of carbonyl (C=O) groups excluding carboxylic acids is 1. The van der Waals surface area contributed by atoms with E-state index in [1.165, 1.54) is 0 Å². The zero-order valence-corrected chi connectivity index (χ0v) is 9.31. The monoisotopic (exact) mass is 207 g/mol. The number of carbonyl (C=O) groups is 1. The molecule has 0 N–H and O–H groups in total. The van der Waals surface area contributed by atoms with Crippen LogP contribution >= 0.6 is 0 Å². The minimum absolute atomic E-state index is 0.152.